The van der Waals surface area contributed by atoms with Crippen LogP contribution in [0.15, 0.2) is 18.2 Å². The molecule has 0 amide bonds. The van der Waals surface area contributed by atoms with Crippen LogP contribution < -0.4 is 9.47 Å². The fraction of sp³-hybridized carbons (Fsp3) is 0.571. The van der Waals surface area contributed by atoms with E-state index in [0.717, 1.165) is 28.8 Å². The van der Waals surface area contributed by atoms with Crippen LogP contribution in [0.3, 0.4) is 0 Å². The van der Waals surface area contributed by atoms with Crippen molar-refractivity contribution >= 4 is 15.9 Å². The number of hydrogen-bond acceptors (Lipinski definition) is 3. The van der Waals surface area contributed by atoms with Gasteiger partial charge in [0.05, 0.1) is 19.3 Å². The Kier molecular flexibility index (Phi) is 5.96. The van der Waals surface area contributed by atoms with Crippen molar-refractivity contribution in [1.29, 1.82) is 0 Å². The maximum Gasteiger partial charge on any atom is 0.165 e. The molecule has 102 valence electrons. The number of rotatable bonds is 7. The van der Waals surface area contributed by atoms with Gasteiger partial charge < -0.3 is 14.2 Å². The van der Waals surface area contributed by atoms with Crippen molar-refractivity contribution in [2.24, 2.45) is 0 Å². The molecule has 0 saturated carbocycles. The van der Waals surface area contributed by atoms with Gasteiger partial charge >= 0.3 is 0 Å². The van der Waals surface area contributed by atoms with Crippen molar-refractivity contribution in [3.8, 4) is 11.5 Å². The van der Waals surface area contributed by atoms with Gasteiger partial charge in [-0.1, -0.05) is 28.1 Å². The Balaban J connectivity index is 2.71. The Hall–Kier alpha value is -0.740. The van der Waals surface area contributed by atoms with E-state index in [1.165, 1.54) is 0 Å². The molecule has 0 bridgehead atoms. The molecule has 0 aromatic heterocycles. The molecule has 0 radical (unpaired) electrons. The summed E-state index contributed by atoms with van der Waals surface area (Å²) in [5.74, 6) is 1.57. The first-order chi connectivity index (χ1) is 8.54. The third-order valence-corrected chi connectivity index (χ3v) is 3.53. The summed E-state index contributed by atoms with van der Waals surface area (Å²) < 4.78 is 16.5. The zero-order valence-electron chi connectivity index (χ0n) is 11.5. The molecule has 1 rings (SSSR count). The Morgan fingerprint density at radius 1 is 1.22 bits per heavy atom. The zero-order valence-corrected chi connectivity index (χ0v) is 13.0. The van der Waals surface area contributed by atoms with Crippen molar-refractivity contribution in [2.45, 2.75) is 31.2 Å². The van der Waals surface area contributed by atoms with Crippen LogP contribution in [-0.2, 0) is 10.1 Å². The van der Waals surface area contributed by atoms with E-state index >= 15 is 0 Å². The number of ether oxygens (including phenoxy) is 3. The fourth-order valence-electron chi connectivity index (χ4n) is 1.49. The van der Waals surface area contributed by atoms with Gasteiger partial charge in [-0.2, -0.15) is 0 Å². The molecule has 0 aliphatic carbocycles. The first-order valence-corrected chi connectivity index (χ1v) is 7.06. The maximum absolute atomic E-state index is 5.85. The van der Waals surface area contributed by atoms with E-state index in [9.17, 15) is 0 Å². The first kappa shape index (κ1) is 15.3. The summed E-state index contributed by atoms with van der Waals surface area (Å²) in [5, 5.41) is 0.743. The second-order valence-electron chi connectivity index (χ2n) is 4.64. The molecule has 0 aliphatic rings. The second kappa shape index (κ2) is 7.00. The van der Waals surface area contributed by atoms with Crippen LogP contribution in [0.2, 0.25) is 0 Å². The molecular weight excluding hydrogens is 296 g/mol. The van der Waals surface area contributed by atoms with E-state index in [-0.39, 0.29) is 5.60 Å². The summed E-state index contributed by atoms with van der Waals surface area (Å²) in [5.41, 5.74) is 0.918. The van der Waals surface area contributed by atoms with Crippen LogP contribution in [0.5, 0.6) is 11.5 Å². The average molecular weight is 317 g/mol. The van der Waals surface area contributed by atoms with Crippen molar-refractivity contribution in [1.82, 2.24) is 0 Å². The molecule has 3 nitrogen and oxygen atoms in total. The number of halogens is 1. The van der Waals surface area contributed by atoms with Crippen LogP contribution in [0.25, 0.3) is 0 Å². The summed E-state index contributed by atoms with van der Waals surface area (Å²) in [7, 11) is 3.37. The lowest BCUT2D eigenvalue weighted by molar-refractivity contribution is 0.00519. The molecule has 0 saturated heterocycles. The minimum Gasteiger partial charge on any atom is -0.493 e. The Bertz CT molecular complexity index is 355. The van der Waals surface area contributed by atoms with Gasteiger partial charge in [-0.05, 0) is 19.9 Å². The van der Waals surface area contributed by atoms with E-state index in [1.54, 1.807) is 14.2 Å². The molecule has 0 N–H and O–H groups in total. The highest BCUT2D eigenvalue weighted by Crippen LogP contribution is 2.32. The fourth-order valence-corrected chi connectivity index (χ4v) is 1.93. The highest BCUT2D eigenvalue weighted by Gasteiger charge is 2.17. The summed E-state index contributed by atoms with van der Waals surface area (Å²) in [6.07, 6.45) is 0.823. The quantitative estimate of drug-likeness (QED) is 0.716. The molecule has 1 aromatic carbocycles. The molecule has 0 unspecified atom stereocenters. The number of alkyl halides is 1. The van der Waals surface area contributed by atoms with Crippen molar-refractivity contribution in [3.63, 3.8) is 0 Å². The molecule has 0 heterocycles. The normalized spacial score (nSPS) is 11.4. The summed E-state index contributed by atoms with van der Waals surface area (Å²) in [6, 6.07) is 5.89. The molecular formula is C14H21BrO3. The standard InChI is InChI=1S/C14H21BrO3/c1-14(2,17-4)8-9-18-13-11(10-15)6-5-7-12(13)16-3/h5-7H,8-10H2,1-4H3. The Morgan fingerprint density at radius 2 is 1.94 bits per heavy atom. The smallest absolute Gasteiger partial charge is 0.165 e. The molecule has 18 heavy (non-hydrogen) atoms. The lowest BCUT2D eigenvalue weighted by Crippen LogP contribution is -2.25. The molecule has 0 fully saturated rings. The van der Waals surface area contributed by atoms with Gasteiger partial charge in [0.15, 0.2) is 11.5 Å². The first-order valence-electron chi connectivity index (χ1n) is 5.94. The third kappa shape index (κ3) is 4.18. The summed E-state index contributed by atoms with van der Waals surface area (Å²) >= 11 is 3.46. The Morgan fingerprint density at radius 3 is 2.50 bits per heavy atom. The van der Waals surface area contributed by atoms with Crippen LogP contribution in [0.1, 0.15) is 25.8 Å². The highest BCUT2D eigenvalue weighted by atomic mass is 79.9. The second-order valence-corrected chi connectivity index (χ2v) is 5.21. The SMILES string of the molecule is COc1cccc(CBr)c1OCCC(C)(C)OC. The van der Waals surface area contributed by atoms with E-state index in [2.05, 4.69) is 15.9 Å². The van der Waals surface area contributed by atoms with Crippen LogP contribution >= 0.6 is 15.9 Å². The van der Waals surface area contributed by atoms with Gasteiger partial charge in [0.1, 0.15) is 0 Å². The van der Waals surface area contributed by atoms with Gasteiger partial charge in [-0.3, -0.25) is 0 Å². The largest absolute Gasteiger partial charge is 0.493 e. The van der Waals surface area contributed by atoms with Crippen molar-refractivity contribution in [3.05, 3.63) is 23.8 Å². The minimum atomic E-state index is -0.170. The lowest BCUT2D eigenvalue weighted by Gasteiger charge is -2.23. The van der Waals surface area contributed by atoms with E-state index in [1.807, 2.05) is 32.0 Å². The topological polar surface area (TPSA) is 27.7 Å². The van der Waals surface area contributed by atoms with Crippen LogP contribution in [0.4, 0.5) is 0 Å². The van der Waals surface area contributed by atoms with Crippen molar-refractivity contribution < 1.29 is 14.2 Å². The predicted molar refractivity (Wildman–Crippen MR) is 76.8 cm³/mol. The number of methoxy groups -OCH3 is 2. The van der Waals surface area contributed by atoms with Crippen LogP contribution in [0, 0.1) is 0 Å². The Labute approximate surface area is 118 Å². The summed E-state index contributed by atoms with van der Waals surface area (Å²) in [6.45, 7) is 4.69. The number of hydrogen-bond donors (Lipinski definition) is 0. The van der Waals surface area contributed by atoms with Gasteiger partial charge in [0.25, 0.3) is 0 Å². The van der Waals surface area contributed by atoms with Gasteiger partial charge in [0, 0.05) is 24.4 Å². The average Bonchev–Trinajstić information content (AvgIpc) is 2.38. The van der Waals surface area contributed by atoms with Gasteiger partial charge in [-0.15, -0.1) is 0 Å². The van der Waals surface area contributed by atoms with Crippen LogP contribution in [-0.4, -0.2) is 26.4 Å². The van der Waals surface area contributed by atoms with Gasteiger partial charge in [-0.25, -0.2) is 0 Å². The monoisotopic (exact) mass is 316 g/mol. The predicted octanol–water partition coefficient (Wildman–Crippen LogP) is 3.78. The zero-order chi connectivity index (χ0) is 13.6. The molecule has 4 heteroatoms. The number of benzene rings is 1. The van der Waals surface area contributed by atoms with E-state index in [0.29, 0.717) is 6.61 Å². The van der Waals surface area contributed by atoms with E-state index in [4.69, 9.17) is 14.2 Å². The maximum atomic E-state index is 5.85. The van der Waals surface area contributed by atoms with Crippen molar-refractivity contribution in [2.75, 3.05) is 20.8 Å². The molecule has 1 aromatic rings. The molecule has 0 atom stereocenters. The molecule has 0 aliphatic heterocycles. The third-order valence-electron chi connectivity index (χ3n) is 2.93. The lowest BCUT2D eigenvalue weighted by atomic mass is 10.1. The van der Waals surface area contributed by atoms with E-state index < -0.39 is 0 Å². The number of para-hydroxylation sites is 1. The minimum absolute atomic E-state index is 0.170. The summed E-state index contributed by atoms with van der Waals surface area (Å²) in [4.78, 5) is 0. The van der Waals surface area contributed by atoms with Gasteiger partial charge in [0.2, 0.25) is 0 Å². The highest BCUT2D eigenvalue weighted by molar-refractivity contribution is 9.08. The molecule has 0 spiro atoms.